The Labute approximate surface area is 101 Å². The van der Waals surface area contributed by atoms with Gasteiger partial charge in [0.15, 0.2) is 0 Å². The number of likely N-dealkylation sites (tertiary alicyclic amines) is 1. The molecular formula is C14H28N2. The van der Waals surface area contributed by atoms with Crippen LogP contribution < -0.4 is 5.32 Å². The molecule has 16 heavy (non-hydrogen) atoms. The minimum atomic E-state index is 0.629. The highest BCUT2D eigenvalue weighted by molar-refractivity contribution is 4.91. The van der Waals surface area contributed by atoms with E-state index in [1.165, 1.54) is 64.8 Å². The van der Waals surface area contributed by atoms with Crippen LogP contribution in [0.5, 0.6) is 0 Å². The van der Waals surface area contributed by atoms with E-state index < -0.39 is 0 Å². The Morgan fingerprint density at radius 2 is 2.12 bits per heavy atom. The summed E-state index contributed by atoms with van der Waals surface area (Å²) in [7, 11) is 0. The molecule has 0 aromatic heterocycles. The van der Waals surface area contributed by atoms with Crippen molar-refractivity contribution in [1.29, 1.82) is 0 Å². The number of piperidine rings is 2. The van der Waals surface area contributed by atoms with Crippen molar-refractivity contribution >= 4 is 0 Å². The van der Waals surface area contributed by atoms with Crippen molar-refractivity contribution in [2.45, 2.75) is 46.0 Å². The van der Waals surface area contributed by atoms with Gasteiger partial charge in [0, 0.05) is 19.6 Å². The summed E-state index contributed by atoms with van der Waals surface area (Å²) in [6.45, 7) is 11.2. The number of hydrogen-bond acceptors (Lipinski definition) is 2. The van der Waals surface area contributed by atoms with Crippen LogP contribution in [0.4, 0.5) is 0 Å². The van der Waals surface area contributed by atoms with Gasteiger partial charge < -0.3 is 10.2 Å². The number of nitrogens with zero attached hydrogens (tertiary/aromatic N) is 1. The monoisotopic (exact) mass is 224 g/mol. The van der Waals surface area contributed by atoms with Gasteiger partial charge in [-0.25, -0.2) is 0 Å². The van der Waals surface area contributed by atoms with E-state index >= 15 is 0 Å². The van der Waals surface area contributed by atoms with E-state index in [9.17, 15) is 0 Å². The van der Waals surface area contributed by atoms with Gasteiger partial charge in [-0.2, -0.15) is 0 Å². The van der Waals surface area contributed by atoms with Gasteiger partial charge in [-0.3, -0.25) is 0 Å². The summed E-state index contributed by atoms with van der Waals surface area (Å²) in [5.41, 5.74) is 0.629. The summed E-state index contributed by atoms with van der Waals surface area (Å²) in [5, 5.41) is 3.61. The summed E-state index contributed by atoms with van der Waals surface area (Å²) in [6, 6.07) is 0. The molecule has 2 aliphatic rings. The largest absolute Gasteiger partial charge is 0.316 e. The Hall–Kier alpha value is -0.0800. The average Bonchev–Trinajstić information content (AvgIpc) is 2.30. The van der Waals surface area contributed by atoms with Crippen LogP contribution in [0.25, 0.3) is 0 Å². The van der Waals surface area contributed by atoms with Crippen LogP contribution in [-0.4, -0.2) is 37.6 Å². The zero-order valence-corrected chi connectivity index (χ0v) is 11.1. The van der Waals surface area contributed by atoms with Crippen LogP contribution in [0.3, 0.4) is 0 Å². The highest BCUT2D eigenvalue weighted by atomic mass is 15.1. The fourth-order valence-electron chi connectivity index (χ4n) is 3.41. The number of nitrogens with one attached hydrogen (secondary N) is 1. The van der Waals surface area contributed by atoms with Gasteiger partial charge in [0.05, 0.1) is 0 Å². The van der Waals surface area contributed by atoms with Crippen LogP contribution in [0.2, 0.25) is 0 Å². The minimum Gasteiger partial charge on any atom is -0.316 e. The van der Waals surface area contributed by atoms with E-state index in [0.29, 0.717) is 5.41 Å². The molecule has 1 spiro atoms. The minimum absolute atomic E-state index is 0.629. The van der Waals surface area contributed by atoms with Crippen LogP contribution in [0.15, 0.2) is 0 Å². The summed E-state index contributed by atoms with van der Waals surface area (Å²) in [5.74, 6) is 0.867. The lowest BCUT2D eigenvalue weighted by Gasteiger charge is -2.46. The van der Waals surface area contributed by atoms with E-state index in [4.69, 9.17) is 0 Å². The Bertz CT molecular complexity index is 203. The third kappa shape index (κ3) is 2.98. The zero-order chi connectivity index (χ0) is 11.4. The van der Waals surface area contributed by atoms with Gasteiger partial charge in [0.2, 0.25) is 0 Å². The lowest BCUT2D eigenvalue weighted by atomic mass is 9.74. The van der Waals surface area contributed by atoms with Crippen LogP contribution in [0.1, 0.15) is 46.0 Å². The molecule has 2 rings (SSSR count). The Morgan fingerprint density at radius 1 is 1.31 bits per heavy atom. The zero-order valence-electron chi connectivity index (χ0n) is 11.1. The molecule has 0 aromatic carbocycles. The normalized spacial score (nSPS) is 34.1. The lowest BCUT2D eigenvalue weighted by Crippen LogP contribution is -2.51. The van der Waals surface area contributed by atoms with Gasteiger partial charge in [-0.05, 0) is 50.1 Å². The molecular weight excluding hydrogens is 196 g/mol. The fourth-order valence-corrected chi connectivity index (χ4v) is 3.41. The molecule has 0 aliphatic carbocycles. The van der Waals surface area contributed by atoms with E-state index in [1.54, 1.807) is 0 Å². The maximum absolute atomic E-state index is 3.61. The third-order valence-corrected chi connectivity index (χ3v) is 4.57. The van der Waals surface area contributed by atoms with Crippen LogP contribution in [0, 0.1) is 11.3 Å². The SMILES string of the molecule is CCC(C)CN1CCCC2(CCCNC2)C1. The molecule has 0 radical (unpaired) electrons. The Kier molecular flexibility index (Phi) is 4.26. The molecule has 2 atom stereocenters. The van der Waals surface area contributed by atoms with Gasteiger partial charge in [-0.15, -0.1) is 0 Å². The van der Waals surface area contributed by atoms with Crippen molar-refractivity contribution in [1.82, 2.24) is 10.2 Å². The van der Waals surface area contributed by atoms with Crippen molar-refractivity contribution in [2.24, 2.45) is 11.3 Å². The molecule has 0 amide bonds. The molecule has 1 N–H and O–H groups in total. The quantitative estimate of drug-likeness (QED) is 0.792. The first-order valence-corrected chi connectivity index (χ1v) is 7.17. The van der Waals surface area contributed by atoms with Gasteiger partial charge in [0.25, 0.3) is 0 Å². The second kappa shape index (κ2) is 5.50. The fraction of sp³-hybridized carbons (Fsp3) is 1.00. The molecule has 2 fully saturated rings. The predicted octanol–water partition coefficient (Wildman–Crippen LogP) is 2.50. The van der Waals surface area contributed by atoms with E-state index in [-0.39, 0.29) is 0 Å². The molecule has 2 nitrogen and oxygen atoms in total. The predicted molar refractivity (Wildman–Crippen MR) is 69.7 cm³/mol. The van der Waals surface area contributed by atoms with Crippen molar-refractivity contribution in [3.8, 4) is 0 Å². The second-order valence-electron chi connectivity index (χ2n) is 6.13. The standard InChI is InChI=1S/C14H28N2/c1-3-13(2)10-16-9-5-7-14(12-16)6-4-8-15-11-14/h13,15H,3-12H2,1-2H3. The molecule has 2 unspecified atom stereocenters. The highest BCUT2D eigenvalue weighted by Gasteiger charge is 2.36. The van der Waals surface area contributed by atoms with Crippen molar-refractivity contribution in [3.05, 3.63) is 0 Å². The lowest BCUT2D eigenvalue weighted by molar-refractivity contribution is 0.0560. The van der Waals surface area contributed by atoms with Gasteiger partial charge in [0.1, 0.15) is 0 Å². The molecule has 94 valence electrons. The molecule has 0 bridgehead atoms. The maximum Gasteiger partial charge on any atom is 0.00503 e. The average molecular weight is 224 g/mol. The molecule has 2 aliphatic heterocycles. The first-order chi connectivity index (χ1) is 7.74. The van der Waals surface area contributed by atoms with Crippen LogP contribution in [-0.2, 0) is 0 Å². The van der Waals surface area contributed by atoms with E-state index in [0.717, 1.165) is 5.92 Å². The molecule has 0 saturated carbocycles. The van der Waals surface area contributed by atoms with Crippen molar-refractivity contribution in [2.75, 3.05) is 32.7 Å². The second-order valence-corrected chi connectivity index (χ2v) is 6.13. The maximum atomic E-state index is 3.61. The topological polar surface area (TPSA) is 15.3 Å². The molecule has 0 aromatic rings. The smallest absolute Gasteiger partial charge is 0.00503 e. The van der Waals surface area contributed by atoms with E-state index in [2.05, 4.69) is 24.1 Å². The van der Waals surface area contributed by atoms with Crippen LogP contribution >= 0.6 is 0 Å². The summed E-state index contributed by atoms with van der Waals surface area (Å²) >= 11 is 0. The summed E-state index contributed by atoms with van der Waals surface area (Å²) in [6.07, 6.45) is 7.03. The number of rotatable bonds is 3. The third-order valence-electron chi connectivity index (χ3n) is 4.57. The molecule has 2 saturated heterocycles. The van der Waals surface area contributed by atoms with Gasteiger partial charge in [-0.1, -0.05) is 20.3 Å². The summed E-state index contributed by atoms with van der Waals surface area (Å²) < 4.78 is 0. The highest BCUT2D eigenvalue weighted by Crippen LogP contribution is 2.36. The Morgan fingerprint density at radius 3 is 2.81 bits per heavy atom. The molecule has 2 heterocycles. The summed E-state index contributed by atoms with van der Waals surface area (Å²) in [4.78, 5) is 2.73. The number of hydrogen-bond donors (Lipinski definition) is 1. The van der Waals surface area contributed by atoms with Crippen molar-refractivity contribution in [3.63, 3.8) is 0 Å². The van der Waals surface area contributed by atoms with E-state index in [1.807, 2.05) is 0 Å². The van der Waals surface area contributed by atoms with Crippen molar-refractivity contribution < 1.29 is 0 Å². The first-order valence-electron chi connectivity index (χ1n) is 7.17. The Balaban J connectivity index is 1.87. The first kappa shape index (κ1) is 12.4. The van der Waals surface area contributed by atoms with Gasteiger partial charge >= 0.3 is 0 Å². The molecule has 2 heteroatoms.